The molecule has 14 rings (SSSR count). The minimum Gasteiger partial charge on any atom is -0.310 e. The maximum absolute atomic E-state index is 2.53. The molecule has 0 fully saturated rings. The summed E-state index contributed by atoms with van der Waals surface area (Å²) in [6, 6.07) is 75.9. The first-order chi connectivity index (χ1) is 30.3. The Bertz CT molecular complexity index is 3360. The molecule has 0 N–H and O–H groups in total. The second kappa shape index (κ2) is 12.1. The van der Waals surface area contributed by atoms with Crippen LogP contribution < -0.4 is 4.90 Å². The Morgan fingerprint density at radius 2 is 0.902 bits per heavy atom. The van der Waals surface area contributed by atoms with Gasteiger partial charge in [0.25, 0.3) is 0 Å². The number of rotatable bonds is 3. The van der Waals surface area contributed by atoms with E-state index in [-0.39, 0.29) is 5.41 Å². The molecule has 0 bridgehead atoms. The molecule has 2 unspecified atom stereocenters. The van der Waals surface area contributed by atoms with Gasteiger partial charge in [-0.25, -0.2) is 0 Å². The molecule has 5 aliphatic rings. The predicted octanol–water partition coefficient (Wildman–Crippen LogP) is 14.9. The zero-order valence-electron chi connectivity index (χ0n) is 33.5. The summed E-state index contributed by atoms with van der Waals surface area (Å²) >= 11 is 0. The highest BCUT2D eigenvalue weighted by Gasteiger charge is 2.56. The summed E-state index contributed by atoms with van der Waals surface area (Å²) in [4.78, 5) is 2.48. The summed E-state index contributed by atoms with van der Waals surface area (Å²) in [5.41, 5.74) is 23.4. The summed E-state index contributed by atoms with van der Waals surface area (Å²) in [6.45, 7) is 0. The molecule has 0 radical (unpaired) electrons. The molecule has 0 heterocycles. The smallest absolute Gasteiger partial charge is 0.0731 e. The van der Waals surface area contributed by atoms with Gasteiger partial charge in [0.1, 0.15) is 0 Å². The lowest BCUT2D eigenvalue weighted by Crippen LogP contribution is -2.32. The van der Waals surface area contributed by atoms with E-state index in [1.165, 1.54) is 99.9 Å². The molecule has 9 aromatic carbocycles. The molecule has 61 heavy (non-hydrogen) atoms. The van der Waals surface area contributed by atoms with Gasteiger partial charge in [-0.2, -0.15) is 0 Å². The monoisotopic (exact) mass is 773 g/mol. The molecular weight excluding hydrogens is 735 g/mol. The standard InChI is InChI=1S/C60H39N/c1-2-16-39(17-3-1)61(41-32-35-49-47-22-6-12-26-53(47)59(57(49)37-41)51-24-10-4-18-43(51)44-19-5-11-25-52(44)59)40-31-34-42-38(36-40)30-33-50-48-23-9-15-29-56(48)60(58(42)50)54-27-13-7-20-45(54)46-21-8-14-28-55(46)60/h1-24,26-37,52H,25H2. The molecular formula is C60H39N. The van der Waals surface area contributed by atoms with Crippen molar-refractivity contribution in [3.63, 3.8) is 0 Å². The number of para-hydroxylation sites is 1. The Kier molecular flexibility index (Phi) is 6.60. The zero-order chi connectivity index (χ0) is 39.9. The van der Waals surface area contributed by atoms with Gasteiger partial charge in [0.2, 0.25) is 0 Å². The highest BCUT2D eigenvalue weighted by Crippen LogP contribution is 2.67. The molecule has 5 aliphatic carbocycles. The lowest BCUT2D eigenvalue weighted by atomic mass is 9.65. The van der Waals surface area contributed by atoms with E-state index in [1.807, 2.05) is 0 Å². The molecule has 0 amide bonds. The van der Waals surface area contributed by atoms with E-state index in [2.05, 4.69) is 223 Å². The van der Waals surface area contributed by atoms with Crippen LogP contribution in [0.15, 0.2) is 218 Å². The van der Waals surface area contributed by atoms with Crippen LogP contribution in [0.25, 0.3) is 49.7 Å². The number of benzene rings is 9. The molecule has 0 saturated heterocycles. The third kappa shape index (κ3) is 4.07. The Hall–Kier alpha value is -7.48. The first kappa shape index (κ1) is 33.4. The van der Waals surface area contributed by atoms with Gasteiger partial charge in [-0.1, -0.05) is 182 Å². The van der Waals surface area contributed by atoms with Crippen LogP contribution in [0.2, 0.25) is 0 Å². The van der Waals surface area contributed by atoms with Crippen LogP contribution in [-0.2, 0) is 10.8 Å². The molecule has 0 aliphatic heterocycles. The molecule has 2 spiro atoms. The van der Waals surface area contributed by atoms with E-state index in [0.29, 0.717) is 5.92 Å². The normalized spacial score (nSPS) is 18.5. The fourth-order valence-corrected chi connectivity index (χ4v) is 12.8. The summed E-state index contributed by atoms with van der Waals surface area (Å²) in [7, 11) is 0. The third-order valence-electron chi connectivity index (χ3n) is 14.9. The Morgan fingerprint density at radius 1 is 0.393 bits per heavy atom. The largest absolute Gasteiger partial charge is 0.310 e. The molecule has 1 heteroatoms. The third-order valence-corrected chi connectivity index (χ3v) is 14.9. The van der Waals surface area contributed by atoms with Crippen LogP contribution in [0.3, 0.4) is 0 Å². The zero-order valence-corrected chi connectivity index (χ0v) is 33.5. The lowest BCUT2D eigenvalue weighted by molar-refractivity contribution is 0.495. The number of fused-ring (bicyclic) bond motifs is 22. The minimum atomic E-state index is -0.401. The van der Waals surface area contributed by atoms with Crippen molar-refractivity contribution in [2.45, 2.75) is 17.3 Å². The van der Waals surface area contributed by atoms with Crippen molar-refractivity contribution >= 4 is 33.4 Å². The lowest BCUT2D eigenvalue weighted by Gasteiger charge is -2.37. The summed E-state index contributed by atoms with van der Waals surface area (Å²) in [5, 5.41) is 2.54. The topological polar surface area (TPSA) is 3.24 Å². The molecule has 1 nitrogen and oxygen atoms in total. The van der Waals surface area contributed by atoms with Gasteiger partial charge >= 0.3 is 0 Å². The number of nitrogens with zero attached hydrogens (tertiary/aromatic N) is 1. The van der Waals surface area contributed by atoms with E-state index >= 15 is 0 Å². The Balaban J connectivity index is 0.999. The van der Waals surface area contributed by atoms with E-state index in [0.717, 1.165) is 17.8 Å². The van der Waals surface area contributed by atoms with Gasteiger partial charge in [-0.3, -0.25) is 0 Å². The second-order valence-electron chi connectivity index (χ2n) is 17.4. The summed E-state index contributed by atoms with van der Waals surface area (Å²) in [6.07, 6.45) is 8.02. The van der Waals surface area contributed by atoms with Crippen molar-refractivity contribution in [3.05, 3.63) is 263 Å². The summed E-state index contributed by atoms with van der Waals surface area (Å²) < 4.78 is 0. The van der Waals surface area contributed by atoms with Crippen LogP contribution in [0.4, 0.5) is 17.1 Å². The number of hydrogen-bond acceptors (Lipinski definition) is 1. The number of hydrogen-bond donors (Lipinski definition) is 0. The number of anilines is 3. The van der Waals surface area contributed by atoms with Gasteiger partial charge in [-0.05, 0) is 137 Å². The van der Waals surface area contributed by atoms with Crippen molar-refractivity contribution in [2.75, 3.05) is 4.90 Å². The predicted molar refractivity (Wildman–Crippen MR) is 252 cm³/mol. The average molecular weight is 774 g/mol. The molecule has 0 saturated carbocycles. The fraction of sp³-hybridized carbons (Fsp3) is 0.0667. The van der Waals surface area contributed by atoms with Crippen molar-refractivity contribution in [1.29, 1.82) is 0 Å². The van der Waals surface area contributed by atoms with Gasteiger partial charge < -0.3 is 4.90 Å². The quantitative estimate of drug-likeness (QED) is 0.173. The Labute approximate surface area is 356 Å². The summed E-state index contributed by atoms with van der Waals surface area (Å²) in [5.74, 6) is 0.322. The fourth-order valence-electron chi connectivity index (χ4n) is 12.8. The average Bonchev–Trinajstić information content (AvgIpc) is 4.01. The van der Waals surface area contributed by atoms with E-state index in [1.54, 1.807) is 0 Å². The maximum Gasteiger partial charge on any atom is 0.0731 e. The van der Waals surface area contributed by atoms with Crippen molar-refractivity contribution < 1.29 is 0 Å². The SMILES string of the molecule is C1=CCC2C(=C1)c1ccccc1C21c2ccccc2-c2ccc(N(c3ccccc3)c3ccc4c5c(ccc4c3)-c3ccccc3C53c4ccccc4-c4ccccc43)cc21. The first-order valence-corrected chi connectivity index (χ1v) is 21.7. The molecule has 2 atom stereocenters. The van der Waals surface area contributed by atoms with Crippen molar-refractivity contribution in [1.82, 2.24) is 0 Å². The van der Waals surface area contributed by atoms with E-state index in [4.69, 9.17) is 0 Å². The van der Waals surface area contributed by atoms with Crippen molar-refractivity contribution in [3.8, 4) is 33.4 Å². The molecule has 284 valence electrons. The maximum atomic E-state index is 2.53. The van der Waals surface area contributed by atoms with Gasteiger partial charge in [0.05, 0.1) is 10.8 Å². The van der Waals surface area contributed by atoms with Crippen molar-refractivity contribution in [2.24, 2.45) is 5.92 Å². The highest BCUT2D eigenvalue weighted by molar-refractivity contribution is 6.05. The molecule has 9 aromatic rings. The Morgan fingerprint density at radius 3 is 1.59 bits per heavy atom. The van der Waals surface area contributed by atoms with Gasteiger partial charge in [0, 0.05) is 23.0 Å². The van der Waals surface area contributed by atoms with Crippen LogP contribution in [0.1, 0.15) is 50.9 Å². The second-order valence-corrected chi connectivity index (χ2v) is 17.4. The first-order valence-electron chi connectivity index (χ1n) is 21.7. The van der Waals surface area contributed by atoms with Gasteiger partial charge in [-0.15, -0.1) is 0 Å². The van der Waals surface area contributed by atoms with Crippen LogP contribution in [0, 0.1) is 5.92 Å². The highest BCUT2D eigenvalue weighted by atomic mass is 15.1. The van der Waals surface area contributed by atoms with Crippen LogP contribution in [-0.4, -0.2) is 0 Å². The van der Waals surface area contributed by atoms with Crippen LogP contribution in [0.5, 0.6) is 0 Å². The van der Waals surface area contributed by atoms with E-state index in [9.17, 15) is 0 Å². The number of allylic oxidation sites excluding steroid dienone is 4. The van der Waals surface area contributed by atoms with Crippen LogP contribution >= 0.6 is 0 Å². The van der Waals surface area contributed by atoms with Gasteiger partial charge in [0.15, 0.2) is 0 Å². The molecule has 0 aromatic heterocycles. The van der Waals surface area contributed by atoms with E-state index < -0.39 is 5.41 Å². The minimum absolute atomic E-state index is 0.279.